The summed E-state index contributed by atoms with van der Waals surface area (Å²) in [6.07, 6.45) is -12.3. The molecule has 0 radical (unpaired) electrons. The Labute approximate surface area is 199 Å². The van der Waals surface area contributed by atoms with E-state index in [-0.39, 0.29) is 11.3 Å². The number of amides is 1. The lowest BCUT2D eigenvalue weighted by Crippen LogP contribution is -2.56. The number of carbonyl (C=O) groups excluding carboxylic acids is 2. The third-order valence-electron chi connectivity index (χ3n) is 5.03. The molecule has 0 saturated heterocycles. The van der Waals surface area contributed by atoms with Crippen molar-refractivity contribution in [3.05, 3.63) is 95.3 Å². The van der Waals surface area contributed by atoms with E-state index in [4.69, 9.17) is 4.74 Å². The Morgan fingerprint density at radius 2 is 1.22 bits per heavy atom. The molecular weight excluding hydrogens is 499 g/mol. The first kappa shape index (κ1) is 26.5. The van der Waals surface area contributed by atoms with Crippen molar-refractivity contribution < 1.29 is 49.8 Å². The maximum absolute atomic E-state index is 14.0. The summed E-state index contributed by atoms with van der Waals surface area (Å²) < 4.78 is 106. The molecule has 0 aliphatic carbocycles. The Morgan fingerprint density at radius 1 is 0.722 bits per heavy atom. The van der Waals surface area contributed by atoms with E-state index < -0.39 is 46.8 Å². The van der Waals surface area contributed by atoms with Gasteiger partial charge in [0.25, 0.3) is 5.91 Å². The highest BCUT2D eigenvalue weighted by molar-refractivity contribution is 6.04. The third kappa shape index (κ3) is 5.26. The fraction of sp³-hybridized carbons (Fsp3) is 0.167. The number of anilines is 1. The summed E-state index contributed by atoms with van der Waals surface area (Å²) in [4.78, 5) is 24.6. The van der Waals surface area contributed by atoms with E-state index in [0.29, 0.717) is 42.1 Å². The summed E-state index contributed by atoms with van der Waals surface area (Å²) in [5, 5.41) is 2.34. The lowest BCUT2D eigenvalue weighted by atomic mass is 9.91. The number of alkyl halides is 6. The van der Waals surface area contributed by atoms with Gasteiger partial charge >= 0.3 is 23.9 Å². The third-order valence-corrected chi connectivity index (χ3v) is 5.03. The number of nitrogens with one attached hydrogen (secondary N) is 1. The van der Waals surface area contributed by atoms with Crippen molar-refractivity contribution in [2.45, 2.75) is 18.0 Å². The molecule has 0 saturated carbocycles. The van der Waals surface area contributed by atoms with Crippen LogP contribution in [-0.4, -0.2) is 31.3 Å². The fourth-order valence-electron chi connectivity index (χ4n) is 3.18. The first-order valence-electron chi connectivity index (χ1n) is 9.97. The zero-order valence-corrected chi connectivity index (χ0v) is 18.2. The summed E-state index contributed by atoms with van der Waals surface area (Å²) in [6, 6.07) is 11.0. The number of halogens is 7. The Kier molecular flexibility index (Phi) is 7.27. The normalized spacial score (nSPS) is 12.1. The maximum Gasteiger partial charge on any atom is 0.442 e. The molecule has 0 heterocycles. The van der Waals surface area contributed by atoms with Crippen molar-refractivity contribution >= 4 is 17.6 Å². The van der Waals surface area contributed by atoms with Gasteiger partial charge in [0, 0.05) is 16.8 Å². The minimum Gasteiger partial charge on any atom is -0.497 e. The number of esters is 1. The van der Waals surface area contributed by atoms with Crippen molar-refractivity contribution in [2.75, 3.05) is 12.4 Å². The average Bonchev–Trinajstić information content (AvgIpc) is 2.82. The molecule has 0 spiro atoms. The van der Waals surface area contributed by atoms with Gasteiger partial charge in [-0.05, 0) is 60.7 Å². The highest BCUT2D eigenvalue weighted by Crippen LogP contribution is 2.53. The lowest BCUT2D eigenvalue weighted by Gasteiger charge is -2.36. The second-order valence-electron chi connectivity index (χ2n) is 7.33. The van der Waals surface area contributed by atoms with Crippen molar-refractivity contribution in [2.24, 2.45) is 0 Å². The van der Waals surface area contributed by atoms with Crippen LogP contribution in [0.3, 0.4) is 0 Å². The quantitative estimate of drug-likeness (QED) is 0.311. The highest BCUT2D eigenvalue weighted by atomic mass is 19.4. The van der Waals surface area contributed by atoms with E-state index in [1.807, 2.05) is 0 Å². The van der Waals surface area contributed by atoms with E-state index in [2.05, 4.69) is 10.1 Å². The molecular formula is C24H16F7NO4. The number of hydrogen-bond donors (Lipinski definition) is 1. The molecule has 0 aliphatic rings. The van der Waals surface area contributed by atoms with E-state index >= 15 is 0 Å². The molecule has 1 amide bonds. The molecule has 1 N–H and O–H groups in total. The zero-order chi connectivity index (χ0) is 26.7. The van der Waals surface area contributed by atoms with Gasteiger partial charge in [0.1, 0.15) is 11.6 Å². The molecule has 0 bridgehead atoms. The predicted octanol–water partition coefficient (Wildman–Crippen LogP) is 6.26. The average molecular weight is 515 g/mol. The first-order valence-corrected chi connectivity index (χ1v) is 9.97. The van der Waals surface area contributed by atoms with Crippen LogP contribution in [0, 0.1) is 5.82 Å². The molecule has 190 valence electrons. The number of ether oxygens (including phenoxy) is 2. The Hall–Kier alpha value is -4.09. The van der Waals surface area contributed by atoms with Crippen LogP contribution in [0.25, 0.3) is 0 Å². The van der Waals surface area contributed by atoms with Gasteiger partial charge in [-0.1, -0.05) is 12.1 Å². The molecule has 3 rings (SSSR count). The smallest absolute Gasteiger partial charge is 0.442 e. The van der Waals surface area contributed by atoms with Crippen molar-refractivity contribution in [3.8, 4) is 5.75 Å². The molecule has 12 heteroatoms. The summed E-state index contributed by atoms with van der Waals surface area (Å²) in [5.41, 5.74) is -7.20. The molecule has 0 unspecified atom stereocenters. The van der Waals surface area contributed by atoms with E-state index in [1.54, 1.807) is 0 Å². The highest BCUT2D eigenvalue weighted by Gasteiger charge is 2.75. The maximum atomic E-state index is 14.0. The van der Waals surface area contributed by atoms with Gasteiger partial charge in [-0.15, -0.1) is 0 Å². The topological polar surface area (TPSA) is 64.6 Å². The number of rotatable bonds is 6. The molecule has 5 nitrogen and oxygen atoms in total. The van der Waals surface area contributed by atoms with Crippen LogP contribution in [0.5, 0.6) is 5.75 Å². The summed E-state index contributed by atoms with van der Waals surface area (Å²) in [6.45, 7) is 0. The second-order valence-corrected chi connectivity index (χ2v) is 7.33. The fourth-order valence-corrected chi connectivity index (χ4v) is 3.18. The monoisotopic (exact) mass is 515 g/mol. The molecule has 3 aromatic rings. The van der Waals surface area contributed by atoms with Crippen molar-refractivity contribution in [3.63, 3.8) is 0 Å². The van der Waals surface area contributed by atoms with Crippen LogP contribution < -0.4 is 10.1 Å². The van der Waals surface area contributed by atoms with Gasteiger partial charge < -0.3 is 14.8 Å². The number of hydrogen-bond acceptors (Lipinski definition) is 4. The van der Waals surface area contributed by atoms with Gasteiger partial charge in [0.05, 0.1) is 12.7 Å². The minimum atomic E-state index is -6.13. The molecule has 0 fully saturated rings. The zero-order valence-electron chi connectivity index (χ0n) is 18.2. The van der Waals surface area contributed by atoms with Crippen molar-refractivity contribution in [1.82, 2.24) is 0 Å². The summed E-state index contributed by atoms with van der Waals surface area (Å²) >= 11 is 0. The molecule has 0 aromatic heterocycles. The molecule has 36 heavy (non-hydrogen) atoms. The summed E-state index contributed by atoms with van der Waals surface area (Å²) in [5.74, 6) is -3.06. The van der Waals surface area contributed by atoms with Gasteiger partial charge in [0.2, 0.25) is 0 Å². The van der Waals surface area contributed by atoms with E-state index in [0.717, 1.165) is 12.1 Å². The van der Waals surface area contributed by atoms with Crippen LogP contribution in [0.2, 0.25) is 0 Å². The van der Waals surface area contributed by atoms with Crippen LogP contribution in [-0.2, 0) is 10.3 Å². The standard InChI is InChI=1S/C24H16F7NO4/c1-35-19-12-4-14(5-13-19)20(33)32-18-10-6-16(7-11-18)22(23(26,27)28,24(29,30)31)36-21(34)15-2-8-17(25)9-3-15/h2-13H,1H3,(H,32,33). The van der Waals surface area contributed by atoms with Crippen LogP contribution >= 0.6 is 0 Å². The Balaban J connectivity index is 1.95. The first-order chi connectivity index (χ1) is 16.8. The number of carbonyl (C=O) groups is 2. The van der Waals surface area contributed by atoms with Gasteiger partial charge in [-0.25, -0.2) is 9.18 Å². The predicted molar refractivity (Wildman–Crippen MR) is 113 cm³/mol. The van der Waals surface area contributed by atoms with E-state index in [1.165, 1.54) is 31.4 Å². The minimum absolute atomic E-state index is 0.123. The molecule has 3 aromatic carbocycles. The second kappa shape index (κ2) is 9.88. The Morgan fingerprint density at radius 3 is 1.69 bits per heavy atom. The number of benzene rings is 3. The van der Waals surface area contributed by atoms with Crippen LogP contribution in [0.4, 0.5) is 36.4 Å². The van der Waals surface area contributed by atoms with Crippen molar-refractivity contribution in [1.29, 1.82) is 0 Å². The summed E-state index contributed by atoms with van der Waals surface area (Å²) in [7, 11) is 1.41. The van der Waals surface area contributed by atoms with Crippen LogP contribution in [0.1, 0.15) is 26.3 Å². The lowest BCUT2D eigenvalue weighted by molar-refractivity contribution is -0.373. The van der Waals surface area contributed by atoms with Gasteiger partial charge in [-0.3, -0.25) is 4.79 Å². The molecule has 0 atom stereocenters. The Bertz CT molecular complexity index is 1210. The molecule has 0 aliphatic heterocycles. The largest absolute Gasteiger partial charge is 0.497 e. The van der Waals surface area contributed by atoms with Gasteiger partial charge in [-0.2, -0.15) is 26.3 Å². The SMILES string of the molecule is COc1ccc(C(=O)Nc2ccc(C(OC(=O)c3ccc(F)cc3)(C(F)(F)F)C(F)(F)F)cc2)cc1. The van der Waals surface area contributed by atoms with Crippen LogP contribution in [0.15, 0.2) is 72.8 Å². The number of methoxy groups -OCH3 is 1. The van der Waals surface area contributed by atoms with E-state index in [9.17, 15) is 40.3 Å². The van der Waals surface area contributed by atoms with Gasteiger partial charge in [0.15, 0.2) is 0 Å².